The van der Waals surface area contributed by atoms with Crippen molar-refractivity contribution in [2.75, 3.05) is 11.9 Å². The minimum atomic E-state index is 0.623. The Hall–Kier alpha value is -1.03. The number of rotatable bonds is 3. The van der Waals surface area contributed by atoms with Crippen molar-refractivity contribution in [1.82, 2.24) is 9.97 Å². The molecule has 0 aliphatic rings. The highest BCUT2D eigenvalue weighted by atomic mass is 79.9. The maximum absolute atomic E-state index is 4.30. The highest BCUT2D eigenvalue weighted by Crippen LogP contribution is 2.25. The fourth-order valence-corrected chi connectivity index (χ4v) is 1.92. The predicted molar refractivity (Wildman–Crippen MR) is 67.1 cm³/mol. The van der Waals surface area contributed by atoms with Gasteiger partial charge in [-0.05, 0) is 18.1 Å². The number of hydrogen-bond acceptors (Lipinski definition) is 2. The zero-order valence-electron chi connectivity index (χ0n) is 8.84. The molecular weight excluding hydrogens is 254 g/mol. The first-order valence-corrected chi connectivity index (χ1v) is 5.82. The van der Waals surface area contributed by atoms with Crippen molar-refractivity contribution >= 4 is 32.7 Å². The van der Waals surface area contributed by atoms with Crippen molar-refractivity contribution in [3.05, 3.63) is 22.9 Å². The average Bonchev–Trinajstić information content (AvgIpc) is 2.61. The van der Waals surface area contributed by atoms with Crippen molar-refractivity contribution in [3.63, 3.8) is 0 Å². The van der Waals surface area contributed by atoms with E-state index >= 15 is 0 Å². The molecule has 2 N–H and O–H groups in total. The predicted octanol–water partition coefficient (Wildman–Crippen LogP) is 3.39. The molecule has 1 heterocycles. The van der Waals surface area contributed by atoms with Crippen LogP contribution in [0.5, 0.6) is 0 Å². The van der Waals surface area contributed by atoms with Crippen LogP contribution in [-0.2, 0) is 0 Å². The normalized spacial score (nSPS) is 11.2. The molecule has 0 bridgehead atoms. The highest BCUT2D eigenvalue weighted by molar-refractivity contribution is 9.10. The van der Waals surface area contributed by atoms with E-state index in [1.165, 1.54) is 0 Å². The average molecular weight is 268 g/mol. The van der Waals surface area contributed by atoms with Crippen LogP contribution in [0.25, 0.3) is 11.0 Å². The van der Waals surface area contributed by atoms with Crippen LogP contribution in [0.3, 0.4) is 0 Å². The van der Waals surface area contributed by atoms with Gasteiger partial charge in [0.05, 0.1) is 17.5 Å². The molecule has 2 aromatic rings. The molecule has 0 fully saturated rings. The Morgan fingerprint density at radius 1 is 1.47 bits per heavy atom. The second kappa shape index (κ2) is 4.23. The summed E-state index contributed by atoms with van der Waals surface area (Å²) < 4.78 is 1.06. The van der Waals surface area contributed by atoms with Gasteiger partial charge in [0.25, 0.3) is 0 Å². The smallest absolute Gasteiger partial charge is 0.111 e. The van der Waals surface area contributed by atoms with E-state index in [0.717, 1.165) is 27.7 Å². The largest absolute Gasteiger partial charge is 0.383 e. The van der Waals surface area contributed by atoms with Gasteiger partial charge in [-0.15, -0.1) is 0 Å². The molecule has 1 aromatic heterocycles. The summed E-state index contributed by atoms with van der Waals surface area (Å²) in [7, 11) is 0. The molecule has 0 spiro atoms. The lowest BCUT2D eigenvalue weighted by Gasteiger charge is -2.09. The van der Waals surface area contributed by atoms with Crippen molar-refractivity contribution in [3.8, 4) is 0 Å². The molecule has 0 saturated heterocycles. The summed E-state index contributed by atoms with van der Waals surface area (Å²) in [6.45, 7) is 5.33. The zero-order valence-corrected chi connectivity index (χ0v) is 10.4. The number of H-pyrrole nitrogens is 1. The van der Waals surface area contributed by atoms with Crippen LogP contribution in [0.1, 0.15) is 13.8 Å². The van der Waals surface area contributed by atoms with Gasteiger partial charge in [-0.2, -0.15) is 0 Å². The molecule has 0 atom stereocenters. The molecule has 80 valence electrons. The Morgan fingerprint density at radius 2 is 2.27 bits per heavy atom. The molecule has 3 nitrogen and oxygen atoms in total. The molecule has 1 aromatic carbocycles. The summed E-state index contributed by atoms with van der Waals surface area (Å²) in [5.41, 5.74) is 3.13. The number of nitrogens with zero attached hydrogens (tertiary/aromatic N) is 1. The number of hydrogen-bond donors (Lipinski definition) is 2. The number of imidazole rings is 1. The lowest BCUT2D eigenvalue weighted by Crippen LogP contribution is -2.08. The number of halogens is 1. The van der Waals surface area contributed by atoms with Gasteiger partial charge >= 0.3 is 0 Å². The molecule has 0 aliphatic heterocycles. The third-order valence-corrected chi connectivity index (χ3v) is 2.65. The third-order valence-electron chi connectivity index (χ3n) is 2.19. The van der Waals surface area contributed by atoms with E-state index in [1.807, 2.05) is 6.07 Å². The first-order valence-electron chi connectivity index (χ1n) is 5.03. The van der Waals surface area contributed by atoms with Gasteiger partial charge in [-0.1, -0.05) is 29.8 Å². The Morgan fingerprint density at radius 3 is 3.00 bits per heavy atom. The molecule has 0 aliphatic carbocycles. The van der Waals surface area contributed by atoms with Crippen LogP contribution in [-0.4, -0.2) is 16.5 Å². The van der Waals surface area contributed by atoms with Crippen LogP contribution >= 0.6 is 15.9 Å². The second-order valence-electron chi connectivity index (χ2n) is 4.03. The maximum atomic E-state index is 4.30. The van der Waals surface area contributed by atoms with Crippen LogP contribution in [0, 0.1) is 5.92 Å². The lowest BCUT2D eigenvalue weighted by atomic mass is 10.2. The standard InChI is InChI=1S/C11H14BrN3/c1-7(2)5-13-9-3-8(12)4-10-11(9)15-6-14-10/h3-4,6-7,13H,5H2,1-2H3,(H,14,15). The Kier molecular flexibility index (Phi) is 2.95. The summed E-state index contributed by atoms with van der Waals surface area (Å²) in [5, 5.41) is 3.40. The quantitative estimate of drug-likeness (QED) is 0.895. The zero-order chi connectivity index (χ0) is 10.8. The van der Waals surface area contributed by atoms with E-state index in [0.29, 0.717) is 5.92 Å². The molecular formula is C11H14BrN3. The van der Waals surface area contributed by atoms with Gasteiger partial charge in [-0.3, -0.25) is 0 Å². The van der Waals surface area contributed by atoms with E-state index in [1.54, 1.807) is 6.33 Å². The van der Waals surface area contributed by atoms with Crippen LogP contribution in [0.2, 0.25) is 0 Å². The molecule has 0 amide bonds. The van der Waals surface area contributed by atoms with Crippen molar-refractivity contribution in [2.45, 2.75) is 13.8 Å². The molecule has 15 heavy (non-hydrogen) atoms. The van der Waals surface area contributed by atoms with Gasteiger partial charge in [0.2, 0.25) is 0 Å². The van der Waals surface area contributed by atoms with Gasteiger partial charge in [0.15, 0.2) is 0 Å². The molecule has 4 heteroatoms. The lowest BCUT2D eigenvalue weighted by molar-refractivity contribution is 0.689. The number of benzene rings is 1. The first-order chi connectivity index (χ1) is 7.16. The van der Waals surface area contributed by atoms with E-state index < -0.39 is 0 Å². The van der Waals surface area contributed by atoms with Crippen molar-refractivity contribution in [1.29, 1.82) is 0 Å². The summed E-state index contributed by atoms with van der Waals surface area (Å²) in [6.07, 6.45) is 1.72. The van der Waals surface area contributed by atoms with E-state index in [9.17, 15) is 0 Å². The summed E-state index contributed by atoms with van der Waals surface area (Å²) >= 11 is 3.49. The SMILES string of the molecule is CC(C)CNc1cc(Br)cc2[nH]cnc12. The van der Waals surface area contributed by atoms with Gasteiger partial charge in [0, 0.05) is 11.0 Å². The van der Waals surface area contributed by atoms with E-state index in [2.05, 4.69) is 51.1 Å². The number of fused-ring (bicyclic) bond motifs is 1. The number of nitrogens with one attached hydrogen (secondary N) is 2. The Labute approximate surface area is 97.4 Å². The topological polar surface area (TPSA) is 40.7 Å². The number of anilines is 1. The maximum Gasteiger partial charge on any atom is 0.111 e. The Balaban J connectivity index is 2.35. The summed E-state index contributed by atoms with van der Waals surface area (Å²) in [4.78, 5) is 7.41. The van der Waals surface area contributed by atoms with E-state index in [-0.39, 0.29) is 0 Å². The van der Waals surface area contributed by atoms with Crippen LogP contribution in [0.15, 0.2) is 22.9 Å². The van der Waals surface area contributed by atoms with Crippen molar-refractivity contribution in [2.24, 2.45) is 5.92 Å². The van der Waals surface area contributed by atoms with Gasteiger partial charge in [-0.25, -0.2) is 4.98 Å². The molecule has 0 radical (unpaired) electrons. The molecule has 0 saturated carbocycles. The highest BCUT2D eigenvalue weighted by Gasteiger charge is 2.05. The summed E-state index contributed by atoms with van der Waals surface area (Å²) in [6, 6.07) is 4.09. The monoisotopic (exact) mass is 267 g/mol. The third kappa shape index (κ3) is 2.31. The fraction of sp³-hybridized carbons (Fsp3) is 0.364. The Bertz CT molecular complexity index is 462. The van der Waals surface area contributed by atoms with Gasteiger partial charge < -0.3 is 10.3 Å². The number of aromatic nitrogens is 2. The van der Waals surface area contributed by atoms with Crippen LogP contribution in [0.4, 0.5) is 5.69 Å². The molecule has 0 unspecified atom stereocenters. The van der Waals surface area contributed by atoms with E-state index in [4.69, 9.17) is 0 Å². The minimum Gasteiger partial charge on any atom is -0.383 e. The first kappa shape index (κ1) is 10.5. The second-order valence-corrected chi connectivity index (χ2v) is 4.94. The minimum absolute atomic E-state index is 0.623. The fourth-order valence-electron chi connectivity index (χ4n) is 1.46. The van der Waals surface area contributed by atoms with Crippen LogP contribution < -0.4 is 5.32 Å². The van der Waals surface area contributed by atoms with Crippen molar-refractivity contribution < 1.29 is 0 Å². The van der Waals surface area contributed by atoms with Gasteiger partial charge in [0.1, 0.15) is 5.52 Å². The molecule has 2 rings (SSSR count). The number of aromatic amines is 1. The summed E-state index contributed by atoms with van der Waals surface area (Å²) in [5.74, 6) is 0.623.